The standard InChI is InChI=1S/C8H9N5O2/c9-8(12-13(14)15)11-10-6-7-4-2-1-3-5-7/h1-6H,(H3,9,11,12). The molecule has 1 rings (SSSR count). The number of rotatable bonds is 3. The van der Waals surface area contributed by atoms with Crippen molar-refractivity contribution >= 4 is 12.2 Å². The summed E-state index contributed by atoms with van der Waals surface area (Å²) in [5, 5.41) is 16.1. The van der Waals surface area contributed by atoms with Crippen molar-refractivity contribution in [3.05, 3.63) is 46.0 Å². The van der Waals surface area contributed by atoms with Crippen LogP contribution in [-0.4, -0.2) is 17.2 Å². The van der Waals surface area contributed by atoms with Crippen LogP contribution >= 0.6 is 0 Å². The number of nitrogens with one attached hydrogen (secondary N) is 1. The van der Waals surface area contributed by atoms with Crippen molar-refractivity contribution in [1.82, 2.24) is 5.43 Å². The van der Waals surface area contributed by atoms with Gasteiger partial charge in [0.25, 0.3) is 5.96 Å². The lowest BCUT2D eigenvalue weighted by molar-refractivity contribution is -0.525. The predicted octanol–water partition coefficient (Wildman–Crippen LogP) is 0.117. The first-order valence-corrected chi connectivity index (χ1v) is 4.01. The van der Waals surface area contributed by atoms with E-state index >= 15 is 0 Å². The monoisotopic (exact) mass is 207 g/mol. The van der Waals surface area contributed by atoms with Crippen LogP contribution in [0.4, 0.5) is 0 Å². The predicted molar refractivity (Wildman–Crippen MR) is 55.8 cm³/mol. The lowest BCUT2D eigenvalue weighted by atomic mass is 10.2. The van der Waals surface area contributed by atoms with Gasteiger partial charge in [0.15, 0.2) is 5.03 Å². The van der Waals surface area contributed by atoms with Crippen molar-refractivity contribution in [2.24, 2.45) is 15.9 Å². The molecule has 0 amide bonds. The molecule has 7 nitrogen and oxygen atoms in total. The van der Waals surface area contributed by atoms with Crippen LogP contribution in [0.1, 0.15) is 5.56 Å². The van der Waals surface area contributed by atoms with E-state index in [1.807, 2.05) is 30.3 Å². The summed E-state index contributed by atoms with van der Waals surface area (Å²) in [5.74, 6) is -0.368. The molecule has 15 heavy (non-hydrogen) atoms. The zero-order valence-corrected chi connectivity index (χ0v) is 7.70. The summed E-state index contributed by atoms with van der Waals surface area (Å²) in [5.41, 5.74) is 7.62. The van der Waals surface area contributed by atoms with E-state index in [0.29, 0.717) is 0 Å². The van der Waals surface area contributed by atoms with Crippen LogP contribution in [0.5, 0.6) is 0 Å². The van der Waals surface area contributed by atoms with E-state index in [-0.39, 0.29) is 5.96 Å². The van der Waals surface area contributed by atoms with Gasteiger partial charge in [-0.05, 0) is 5.56 Å². The molecule has 0 aliphatic carbocycles. The van der Waals surface area contributed by atoms with E-state index in [1.54, 1.807) is 5.43 Å². The molecule has 0 spiro atoms. The van der Waals surface area contributed by atoms with E-state index in [0.717, 1.165) is 5.56 Å². The molecule has 0 unspecified atom stereocenters. The van der Waals surface area contributed by atoms with Gasteiger partial charge in [0.05, 0.1) is 6.21 Å². The second-order valence-corrected chi connectivity index (χ2v) is 2.51. The molecule has 0 bridgehead atoms. The Bertz CT molecular complexity index is 387. The van der Waals surface area contributed by atoms with Gasteiger partial charge in [0.2, 0.25) is 0 Å². The summed E-state index contributed by atoms with van der Waals surface area (Å²) >= 11 is 0. The summed E-state index contributed by atoms with van der Waals surface area (Å²) in [6, 6.07) is 9.17. The van der Waals surface area contributed by atoms with Gasteiger partial charge in [-0.2, -0.15) is 5.10 Å². The maximum atomic E-state index is 9.92. The van der Waals surface area contributed by atoms with Gasteiger partial charge in [0.1, 0.15) is 0 Å². The average molecular weight is 207 g/mol. The number of hydrogen-bond donors (Lipinski definition) is 2. The first-order chi connectivity index (χ1) is 7.18. The van der Waals surface area contributed by atoms with Crippen molar-refractivity contribution in [3.8, 4) is 0 Å². The zero-order chi connectivity index (χ0) is 11.1. The van der Waals surface area contributed by atoms with Crippen LogP contribution in [0.3, 0.4) is 0 Å². The molecule has 3 N–H and O–H groups in total. The smallest absolute Gasteiger partial charge is 0.275 e. The van der Waals surface area contributed by atoms with Crippen LogP contribution in [0.2, 0.25) is 0 Å². The molecular weight excluding hydrogens is 198 g/mol. The number of nitrogens with two attached hydrogens (primary N) is 1. The van der Waals surface area contributed by atoms with Crippen LogP contribution in [0.15, 0.2) is 40.5 Å². The molecule has 0 atom stereocenters. The average Bonchev–Trinajstić information content (AvgIpc) is 2.18. The van der Waals surface area contributed by atoms with Crippen molar-refractivity contribution in [2.75, 3.05) is 0 Å². The fourth-order valence-corrected chi connectivity index (χ4v) is 0.813. The second-order valence-electron chi connectivity index (χ2n) is 2.51. The first kappa shape index (κ1) is 10.6. The van der Waals surface area contributed by atoms with Crippen molar-refractivity contribution < 1.29 is 5.03 Å². The van der Waals surface area contributed by atoms with Crippen LogP contribution in [0, 0.1) is 10.1 Å². The van der Waals surface area contributed by atoms with Gasteiger partial charge in [-0.1, -0.05) is 35.8 Å². The van der Waals surface area contributed by atoms with E-state index in [9.17, 15) is 10.1 Å². The Morgan fingerprint density at radius 2 is 2.13 bits per heavy atom. The molecule has 7 heteroatoms. The summed E-state index contributed by atoms with van der Waals surface area (Å²) in [6.45, 7) is 0. The summed E-state index contributed by atoms with van der Waals surface area (Å²) < 4.78 is 0. The van der Waals surface area contributed by atoms with Gasteiger partial charge >= 0.3 is 0 Å². The quantitative estimate of drug-likeness (QED) is 0.317. The topological polar surface area (TPSA) is 106 Å². The minimum atomic E-state index is -0.809. The molecule has 1 aromatic carbocycles. The summed E-state index contributed by atoms with van der Waals surface area (Å²) in [7, 11) is 0. The van der Waals surface area contributed by atoms with Gasteiger partial charge in [-0.25, -0.2) is 10.1 Å². The highest BCUT2D eigenvalue weighted by Gasteiger charge is 1.96. The third-order valence-electron chi connectivity index (χ3n) is 1.38. The molecule has 0 fully saturated rings. The van der Waals surface area contributed by atoms with Gasteiger partial charge in [-0.15, -0.1) is 5.10 Å². The minimum absolute atomic E-state index is 0.368. The van der Waals surface area contributed by atoms with Crippen LogP contribution in [-0.2, 0) is 0 Å². The Morgan fingerprint density at radius 3 is 2.73 bits per heavy atom. The van der Waals surface area contributed by atoms with E-state index < -0.39 is 5.03 Å². The Labute approximate surface area is 85.4 Å². The maximum absolute atomic E-state index is 9.92. The molecule has 78 valence electrons. The molecule has 0 aliphatic rings. The summed E-state index contributed by atoms with van der Waals surface area (Å²) in [6.07, 6.45) is 1.44. The Kier molecular flexibility index (Phi) is 3.78. The van der Waals surface area contributed by atoms with Crippen molar-refractivity contribution in [2.45, 2.75) is 0 Å². The third kappa shape index (κ3) is 4.36. The Hall–Kier alpha value is -2.44. The highest BCUT2D eigenvalue weighted by molar-refractivity contribution is 5.81. The largest absolute Gasteiger partial charge is 0.364 e. The van der Waals surface area contributed by atoms with Gasteiger partial charge in [0, 0.05) is 0 Å². The maximum Gasteiger partial charge on any atom is 0.275 e. The minimum Gasteiger partial charge on any atom is -0.364 e. The molecule has 0 radical (unpaired) electrons. The SMILES string of the molecule is N/C(=N/N=Cc1ccccc1)N[N+](=O)[O-]. The van der Waals surface area contributed by atoms with Gasteiger partial charge in [-0.3, -0.25) is 0 Å². The van der Waals surface area contributed by atoms with Gasteiger partial charge < -0.3 is 5.73 Å². The Balaban J connectivity index is 2.56. The van der Waals surface area contributed by atoms with Crippen molar-refractivity contribution in [3.63, 3.8) is 0 Å². The lowest BCUT2D eigenvalue weighted by Gasteiger charge is -1.91. The molecular formula is C8H9N5O2. The number of hydrogen-bond acceptors (Lipinski definition) is 4. The number of guanidine groups is 1. The van der Waals surface area contributed by atoms with E-state index in [2.05, 4.69) is 10.2 Å². The molecule has 0 aromatic heterocycles. The number of nitrogens with zero attached hydrogens (tertiary/aromatic N) is 3. The number of hydrazine groups is 1. The number of benzene rings is 1. The van der Waals surface area contributed by atoms with Crippen LogP contribution in [0.25, 0.3) is 0 Å². The molecule has 0 aliphatic heterocycles. The second kappa shape index (κ2) is 5.32. The normalized spacial score (nSPS) is 11.6. The molecule has 0 saturated heterocycles. The first-order valence-electron chi connectivity index (χ1n) is 4.01. The van der Waals surface area contributed by atoms with Crippen LogP contribution < -0.4 is 11.2 Å². The van der Waals surface area contributed by atoms with E-state index in [1.165, 1.54) is 6.21 Å². The fraction of sp³-hybridized carbons (Fsp3) is 0. The highest BCUT2D eigenvalue weighted by atomic mass is 16.7. The van der Waals surface area contributed by atoms with Crippen molar-refractivity contribution in [1.29, 1.82) is 0 Å². The zero-order valence-electron chi connectivity index (χ0n) is 7.70. The molecule has 0 saturated carbocycles. The Morgan fingerprint density at radius 1 is 1.47 bits per heavy atom. The molecule has 0 heterocycles. The number of nitro groups is 1. The highest BCUT2D eigenvalue weighted by Crippen LogP contribution is 1.93. The fourth-order valence-electron chi connectivity index (χ4n) is 0.813. The van der Waals surface area contributed by atoms with E-state index in [4.69, 9.17) is 5.73 Å². The third-order valence-corrected chi connectivity index (χ3v) is 1.38. The lowest BCUT2D eigenvalue weighted by Crippen LogP contribution is -2.35. The summed E-state index contributed by atoms with van der Waals surface area (Å²) in [4.78, 5) is 9.92. The molecule has 1 aromatic rings.